The highest BCUT2D eigenvalue weighted by Crippen LogP contribution is 2.30. The van der Waals surface area contributed by atoms with Crippen LogP contribution in [0.2, 0.25) is 0 Å². The van der Waals surface area contributed by atoms with Crippen molar-refractivity contribution in [1.82, 2.24) is 10.2 Å². The molecule has 2 rings (SSSR count). The lowest BCUT2D eigenvalue weighted by atomic mass is 9.88. The lowest BCUT2D eigenvalue weighted by molar-refractivity contribution is -0.139. The summed E-state index contributed by atoms with van der Waals surface area (Å²) in [6.45, 7) is 2.67. The van der Waals surface area contributed by atoms with Gasteiger partial charge in [0.25, 0.3) is 0 Å². The first kappa shape index (κ1) is 13.3. The number of piperidine rings is 1. The maximum absolute atomic E-state index is 11.4. The Kier molecular flexibility index (Phi) is 3.95. The third-order valence-corrected chi connectivity index (χ3v) is 3.67. The van der Waals surface area contributed by atoms with E-state index in [0.717, 1.165) is 12.8 Å². The summed E-state index contributed by atoms with van der Waals surface area (Å²) in [7, 11) is 0. The summed E-state index contributed by atoms with van der Waals surface area (Å²) in [5.74, 6) is -0.0702. The molecule has 0 radical (unpaired) electrons. The van der Waals surface area contributed by atoms with Gasteiger partial charge in [0.1, 0.15) is 12.1 Å². The van der Waals surface area contributed by atoms with E-state index in [1.165, 1.54) is 6.20 Å². The molecule has 1 N–H and O–H groups in total. The Morgan fingerprint density at radius 2 is 2.47 bits per heavy atom. The number of carboxylic acid groups (broad SMARTS) is 1. The SMILES string of the molecule is CCC1CCN(c2nnccc2C#N)C(C(=O)O)C1. The Labute approximate surface area is 111 Å². The fourth-order valence-electron chi connectivity index (χ4n) is 2.52. The van der Waals surface area contributed by atoms with Crippen molar-refractivity contribution in [1.29, 1.82) is 5.26 Å². The molecule has 1 aliphatic heterocycles. The van der Waals surface area contributed by atoms with E-state index in [4.69, 9.17) is 5.26 Å². The monoisotopic (exact) mass is 260 g/mol. The molecule has 6 nitrogen and oxygen atoms in total. The summed E-state index contributed by atoms with van der Waals surface area (Å²) < 4.78 is 0. The van der Waals surface area contributed by atoms with Gasteiger partial charge in [-0.3, -0.25) is 0 Å². The van der Waals surface area contributed by atoms with Crippen LogP contribution in [0.15, 0.2) is 12.3 Å². The van der Waals surface area contributed by atoms with Crippen molar-refractivity contribution >= 4 is 11.8 Å². The topological polar surface area (TPSA) is 90.1 Å². The normalized spacial score (nSPS) is 22.8. The lowest BCUT2D eigenvalue weighted by Crippen LogP contribution is -2.48. The van der Waals surface area contributed by atoms with Gasteiger partial charge in [-0.25, -0.2) is 4.79 Å². The van der Waals surface area contributed by atoms with Gasteiger partial charge in [0.2, 0.25) is 0 Å². The smallest absolute Gasteiger partial charge is 0.326 e. The number of rotatable bonds is 3. The molecule has 1 aromatic rings. The zero-order valence-corrected chi connectivity index (χ0v) is 10.8. The predicted octanol–water partition coefficient (Wildman–Crippen LogP) is 1.43. The third-order valence-electron chi connectivity index (χ3n) is 3.67. The molecule has 19 heavy (non-hydrogen) atoms. The van der Waals surface area contributed by atoms with E-state index in [0.29, 0.717) is 30.3 Å². The van der Waals surface area contributed by atoms with Crippen molar-refractivity contribution < 1.29 is 9.90 Å². The number of nitrogens with zero attached hydrogens (tertiary/aromatic N) is 4. The fourth-order valence-corrected chi connectivity index (χ4v) is 2.52. The molecule has 0 spiro atoms. The van der Waals surface area contributed by atoms with Crippen LogP contribution in [0.1, 0.15) is 31.7 Å². The minimum atomic E-state index is -0.868. The van der Waals surface area contributed by atoms with Gasteiger partial charge in [0, 0.05) is 6.54 Å². The van der Waals surface area contributed by atoms with Gasteiger partial charge in [-0.1, -0.05) is 13.3 Å². The van der Waals surface area contributed by atoms with Crippen molar-refractivity contribution in [3.8, 4) is 6.07 Å². The predicted molar refractivity (Wildman–Crippen MR) is 68.5 cm³/mol. The van der Waals surface area contributed by atoms with Crippen LogP contribution in [-0.2, 0) is 4.79 Å². The van der Waals surface area contributed by atoms with Crippen LogP contribution in [0.5, 0.6) is 0 Å². The summed E-state index contributed by atoms with van der Waals surface area (Å²) in [6.07, 6.45) is 3.93. The van der Waals surface area contributed by atoms with Gasteiger partial charge in [-0.2, -0.15) is 10.4 Å². The zero-order chi connectivity index (χ0) is 13.8. The molecule has 1 saturated heterocycles. The van der Waals surface area contributed by atoms with Gasteiger partial charge in [0.05, 0.1) is 11.8 Å². The number of hydrogen-bond donors (Lipinski definition) is 1. The largest absolute Gasteiger partial charge is 0.480 e. The molecule has 0 bridgehead atoms. The number of aliphatic carboxylic acids is 1. The number of hydrogen-bond acceptors (Lipinski definition) is 5. The van der Waals surface area contributed by atoms with E-state index in [2.05, 4.69) is 17.1 Å². The first-order chi connectivity index (χ1) is 9.17. The second kappa shape index (κ2) is 5.65. The molecule has 0 aliphatic carbocycles. The van der Waals surface area contributed by atoms with Crippen molar-refractivity contribution in [2.45, 2.75) is 32.2 Å². The summed E-state index contributed by atoms with van der Waals surface area (Å²) in [5, 5.41) is 26.2. The summed E-state index contributed by atoms with van der Waals surface area (Å²) in [5.41, 5.74) is 0.371. The molecule has 2 atom stereocenters. The van der Waals surface area contributed by atoms with Crippen molar-refractivity contribution in [3.63, 3.8) is 0 Å². The standard InChI is InChI=1S/C13H16N4O2/c1-2-9-4-6-17(11(7-9)13(18)19)12-10(8-14)3-5-15-16-12/h3,5,9,11H,2,4,6-7H2,1H3,(H,18,19). The van der Waals surface area contributed by atoms with E-state index in [1.54, 1.807) is 11.0 Å². The molecular weight excluding hydrogens is 244 g/mol. The highest BCUT2D eigenvalue weighted by Gasteiger charge is 2.34. The molecule has 2 unspecified atom stereocenters. The number of nitriles is 1. The van der Waals surface area contributed by atoms with Gasteiger partial charge in [-0.15, -0.1) is 5.10 Å². The van der Waals surface area contributed by atoms with Crippen LogP contribution >= 0.6 is 0 Å². The van der Waals surface area contributed by atoms with E-state index >= 15 is 0 Å². The molecule has 1 aromatic heterocycles. The molecule has 0 aromatic carbocycles. The van der Waals surface area contributed by atoms with E-state index in [1.807, 2.05) is 6.07 Å². The Bertz CT molecular complexity index is 512. The molecule has 2 heterocycles. The summed E-state index contributed by atoms with van der Waals surface area (Å²) >= 11 is 0. The average Bonchev–Trinajstić information content (AvgIpc) is 2.46. The zero-order valence-electron chi connectivity index (χ0n) is 10.8. The molecular formula is C13H16N4O2. The van der Waals surface area contributed by atoms with Crippen LogP contribution in [0.25, 0.3) is 0 Å². The van der Waals surface area contributed by atoms with Gasteiger partial charge >= 0.3 is 5.97 Å². The number of carbonyl (C=O) groups is 1. The molecule has 1 fully saturated rings. The summed E-state index contributed by atoms with van der Waals surface area (Å²) in [6, 6.07) is 2.98. The second-order valence-corrected chi connectivity index (χ2v) is 4.73. The number of anilines is 1. The highest BCUT2D eigenvalue weighted by molar-refractivity contribution is 5.78. The minimum absolute atomic E-state index is 0.371. The minimum Gasteiger partial charge on any atom is -0.480 e. The summed E-state index contributed by atoms with van der Waals surface area (Å²) in [4.78, 5) is 13.1. The van der Waals surface area contributed by atoms with Crippen molar-refractivity contribution in [3.05, 3.63) is 17.8 Å². The van der Waals surface area contributed by atoms with E-state index in [9.17, 15) is 9.90 Å². The quantitative estimate of drug-likeness (QED) is 0.884. The number of aromatic nitrogens is 2. The second-order valence-electron chi connectivity index (χ2n) is 4.73. The van der Waals surface area contributed by atoms with Crippen molar-refractivity contribution in [2.24, 2.45) is 5.92 Å². The molecule has 0 amide bonds. The van der Waals surface area contributed by atoms with Crippen LogP contribution in [0.3, 0.4) is 0 Å². The Balaban J connectivity index is 2.32. The fraction of sp³-hybridized carbons (Fsp3) is 0.538. The molecule has 1 aliphatic rings. The van der Waals surface area contributed by atoms with E-state index < -0.39 is 12.0 Å². The van der Waals surface area contributed by atoms with Gasteiger partial charge in [-0.05, 0) is 24.8 Å². The Morgan fingerprint density at radius 3 is 3.11 bits per heavy atom. The van der Waals surface area contributed by atoms with E-state index in [-0.39, 0.29) is 0 Å². The van der Waals surface area contributed by atoms with Crippen LogP contribution in [0, 0.1) is 17.2 Å². The lowest BCUT2D eigenvalue weighted by Gasteiger charge is -2.37. The molecule has 6 heteroatoms. The average molecular weight is 260 g/mol. The Morgan fingerprint density at radius 1 is 1.68 bits per heavy atom. The van der Waals surface area contributed by atoms with Crippen molar-refractivity contribution in [2.75, 3.05) is 11.4 Å². The first-order valence-electron chi connectivity index (χ1n) is 6.38. The molecule has 100 valence electrons. The first-order valence-corrected chi connectivity index (χ1v) is 6.38. The van der Waals surface area contributed by atoms with Crippen LogP contribution in [0.4, 0.5) is 5.82 Å². The van der Waals surface area contributed by atoms with Gasteiger partial charge in [0.15, 0.2) is 5.82 Å². The van der Waals surface area contributed by atoms with Crippen LogP contribution < -0.4 is 4.90 Å². The molecule has 0 saturated carbocycles. The highest BCUT2D eigenvalue weighted by atomic mass is 16.4. The number of carboxylic acids is 1. The third kappa shape index (κ3) is 2.65. The maximum atomic E-state index is 11.4. The maximum Gasteiger partial charge on any atom is 0.326 e. The van der Waals surface area contributed by atoms with Crippen LogP contribution in [-0.4, -0.2) is 33.9 Å². The van der Waals surface area contributed by atoms with Gasteiger partial charge < -0.3 is 10.0 Å². The Hall–Kier alpha value is -2.16.